The summed E-state index contributed by atoms with van der Waals surface area (Å²) in [5, 5.41) is 0. The van der Waals surface area contributed by atoms with Gasteiger partial charge < -0.3 is 0 Å². The summed E-state index contributed by atoms with van der Waals surface area (Å²) in [6.07, 6.45) is 2.58. The van der Waals surface area contributed by atoms with E-state index in [0.29, 0.717) is 18.6 Å². The van der Waals surface area contributed by atoms with Gasteiger partial charge in [-0.25, -0.2) is 4.39 Å². The van der Waals surface area contributed by atoms with Crippen molar-refractivity contribution in [3.63, 3.8) is 0 Å². The van der Waals surface area contributed by atoms with Crippen LogP contribution < -0.4 is 0 Å². The minimum atomic E-state index is -1.02. The van der Waals surface area contributed by atoms with Crippen LogP contribution in [-0.4, -0.2) is 11.5 Å². The Balaban J connectivity index is 2.46. The van der Waals surface area contributed by atoms with Crippen LogP contribution in [-0.2, 0) is 4.79 Å². The highest BCUT2D eigenvalue weighted by molar-refractivity contribution is 5.82. The Bertz CT molecular complexity index is 186. The molecule has 1 fully saturated rings. The molecule has 13 heavy (non-hydrogen) atoms. The summed E-state index contributed by atoms with van der Waals surface area (Å²) in [7, 11) is 0. The van der Waals surface area contributed by atoms with Gasteiger partial charge in [0.1, 0.15) is 11.5 Å². The molecule has 1 nitrogen and oxygen atoms in total. The SMILES string of the molecule is CC(C)C(=O)C1CCC(C)(F)CC1. The van der Waals surface area contributed by atoms with Crippen molar-refractivity contribution in [3.8, 4) is 0 Å². The Morgan fingerprint density at radius 2 is 1.85 bits per heavy atom. The zero-order chi connectivity index (χ0) is 10.1. The van der Waals surface area contributed by atoms with E-state index in [4.69, 9.17) is 0 Å². The first-order valence-corrected chi connectivity index (χ1v) is 5.15. The average Bonchev–Trinajstić information content (AvgIpc) is 2.03. The second-order valence-electron chi connectivity index (χ2n) is 4.74. The van der Waals surface area contributed by atoms with Crippen molar-refractivity contribution < 1.29 is 9.18 Å². The van der Waals surface area contributed by atoms with E-state index in [1.165, 1.54) is 0 Å². The maximum atomic E-state index is 13.4. The summed E-state index contributed by atoms with van der Waals surface area (Å²) in [4.78, 5) is 11.6. The van der Waals surface area contributed by atoms with Crippen LogP contribution in [0.15, 0.2) is 0 Å². The van der Waals surface area contributed by atoms with Gasteiger partial charge >= 0.3 is 0 Å². The average molecular weight is 186 g/mol. The summed E-state index contributed by atoms with van der Waals surface area (Å²) in [5.74, 6) is 0.549. The van der Waals surface area contributed by atoms with Crippen LogP contribution in [0, 0.1) is 11.8 Å². The van der Waals surface area contributed by atoms with Crippen LogP contribution in [0.5, 0.6) is 0 Å². The van der Waals surface area contributed by atoms with Gasteiger partial charge in [-0.3, -0.25) is 4.79 Å². The molecule has 0 saturated heterocycles. The van der Waals surface area contributed by atoms with E-state index < -0.39 is 5.67 Å². The Labute approximate surface area is 79.7 Å². The van der Waals surface area contributed by atoms with Crippen LogP contribution in [0.25, 0.3) is 0 Å². The zero-order valence-corrected chi connectivity index (χ0v) is 8.77. The third-order valence-electron chi connectivity index (χ3n) is 3.00. The molecule has 0 spiro atoms. The summed E-state index contributed by atoms with van der Waals surface area (Å²) >= 11 is 0. The maximum absolute atomic E-state index is 13.4. The number of carbonyl (C=O) groups excluding carboxylic acids is 1. The monoisotopic (exact) mass is 186 g/mol. The molecule has 0 bridgehead atoms. The molecule has 0 aromatic rings. The third kappa shape index (κ3) is 2.78. The number of alkyl halides is 1. The minimum absolute atomic E-state index is 0.106. The normalized spacial score (nSPS) is 35.0. The zero-order valence-electron chi connectivity index (χ0n) is 8.77. The Morgan fingerprint density at radius 3 is 2.23 bits per heavy atom. The molecule has 0 radical (unpaired) electrons. The summed E-state index contributed by atoms with van der Waals surface area (Å²) in [6, 6.07) is 0. The fourth-order valence-corrected chi connectivity index (χ4v) is 1.98. The minimum Gasteiger partial charge on any atom is -0.299 e. The predicted octanol–water partition coefficient (Wildman–Crippen LogP) is 3.13. The summed E-state index contributed by atoms with van der Waals surface area (Å²) in [6.45, 7) is 5.49. The molecule has 0 aromatic carbocycles. The first kappa shape index (κ1) is 10.7. The number of Topliss-reactive ketones (excluding diaryl/α,β-unsaturated/α-hetero) is 1. The van der Waals surface area contributed by atoms with E-state index in [0.717, 1.165) is 12.8 Å². The Hall–Kier alpha value is -0.400. The lowest BCUT2D eigenvalue weighted by Gasteiger charge is -2.30. The molecule has 1 aliphatic carbocycles. The van der Waals surface area contributed by atoms with Gasteiger partial charge in [-0.15, -0.1) is 0 Å². The molecule has 1 rings (SSSR count). The molecular weight excluding hydrogens is 167 g/mol. The summed E-state index contributed by atoms with van der Waals surface area (Å²) in [5.41, 5.74) is -1.02. The van der Waals surface area contributed by atoms with Crippen LogP contribution >= 0.6 is 0 Å². The van der Waals surface area contributed by atoms with Gasteiger partial charge in [-0.2, -0.15) is 0 Å². The molecule has 0 heterocycles. The molecule has 1 saturated carbocycles. The molecule has 2 heteroatoms. The van der Waals surface area contributed by atoms with Crippen molar-refractivity contribution in [2.24, 2.45) is 11.8 Å². The highest BCUT2D eigenvalue weighted by atomic mass is 19.1. The highest BCUT2D eigenvalue weighted by Gasteiger charge is 2.34. The summed E-state index contributed by atoms with van der Waals surface area (Å²) < 4.78 is 13.4. The molecule has 0 N–H and O–H groups in total. The van der Waals surface area contributed by atoms with Crippen molar-refractivity contribution in [3.05, 3.63) is 0 Å². The lowest BCUT2D eigenvalue weighted by atomic mass is 9.77. The molecule has 76 valence electrons. The fraction of sp³-hybridized carbons (Fsp3) is 0.909. The third-order valence-corrected chi connectivity index (χ3v) is 3.00. The molecule has 1 aliphatic rings. The lowest BCUT2D eigenvalue weighted by molar-refractivity contribution is -0.127. The molecule has 0 aliphatic heterocycles. The number of halogens is 1. The van der Waals surface area contributed by atoms with Gasteiger partial charge in [-0.05, 0) is 32.6 Å². The topological polar surface area (TPSA) is 17.1 Å². The van der Waals surface area contributed by atoms with E-state index in [1.54, 1.807) is 6.92 Å². The van der Waals surface area contributed by atoms with E-state index in [9.17, 15) is 9.18 Å². The van der Waals surface area contributed by atoms with Crippen molar-refractivity contribution in [2.45, 2.75) is 52.1 Å². The standard InChI is InChI=1S/C11H19FO/c1-8(2)10(13)9-4-6-11(3,12)7-5-9/h8-9H,4-7H2,1-3H3. The molecule has 0 atom stereocenters. The number of rotatable bonds is 2. The van der Waals surface area contributed by atoms with Crippen LogP contribution in [0.1, 0.15) is 46.5 Å². The Morgan fingerprint density at radius 1 is 1.38 bits per heavy atom. The number of hydrogen-bond donors (Lipinski definition) is 0. The maximum Gasteiger partial charge on any atom is 0.138 e. The van der Waals surface area contributed by atoms with E-state index in [-0.39, 0.29) is 11.8 Å². The molecular formula is C11H19FO. The first-order valence-electron chi connectivity index (χ1n) is 5.15. The van der Waals surface area contributed by atoms with Gasteiger partial charge in [-0.1, -0.05) is 13.8 Å². The van der Waals surface area contributed by atoms with Crippen LogP contribution in [0.3, 0.4) is 0 Å². The predicted molar refractivity (Wildman–Crippen MR) is 51.3 cm³/mol. The van der Waals surface area contributed by atoms with Gasteiger partial charge in [0.25, 0.3) is 0 Å². The molecule has 0 aromatic heterocycles. The smallest absolute Gasteiger partial charge is 0.138 e. The number of ketones is 1. The van der Waals surface area contributed by atoms with Crippen LogP contribution in [0.2, 0.25) is 0 Å². The second kappa shape index (κ2) is 3.77. The van der Waals surface area contributed by atoms with Gasteiger partial charge in [0, 0.05) is 11.8 Å². The van der Waals surface area contributed by atoms with Gasteiger partial charge in [0.05, 0.1) is 0 Å². The van der Waals surface area contributed by atoms with E-state index in [2.05, 4.69) is 0 Å². The molecule has 0 amide bonds. The van der Waals surface area contributed by atoms with E-state index in [1.807, 2.05) is 13.8 Å². The van der Waals surface area contributed by atoms with Gasteiger partial charge in [0.15, 0.2) is 0 Å². The number of carbonyl (C=O) groups is 1. The van der Waals surface area contributed by atoms with E-state index >= 15 is 0 Å². The van der Waals surface area contributed by atoms with Crippen molar-refractivity contribution in [1.29, 1.82) is 0 Å². The quantitative estimate of drug-likeness (QED) is 0.647. The molecule has 0 unspecified atom stereocenters. The highest BCUT2D eigenvalue weighted by Crippen LogP contribution is 2.35. The lowest BCUT2D eigenvalue weighted by Crippen LogP contribution is -2.31. The second-order valence-corrected chi connectivity index (χ2v) is 4.74. The fourth-order valence-electron chi connectivity index (χ4n) is 1.98. The van der Waals surface area contributed by atoms with Crippen molar-refractivity contribution >= 4 is 5.78 Å². The van der Waals surface area contributed by atoms with Crippen molar-refractivity contribution in [1.82, 2.24) is 0 Å². The van der Waals surface area contributed by atoms with Crippen LogP contribution in [0.4, 0.5) is 4.39 Å². The Kier molecular flexibility index (Phi) is 3.09. The first-order chi connectivity index (χ1) is 5.92. The van der Waals surface area contributed by atoms with Crippen molar-refractivity contribution in [2.75, 3.05) is 0 Å². The largest absolute Gasteiger partial charge is 0.299 e. The van der Waals surface area contributed by atoms with Gasteiger partial charge in [0.2, 0.25) is 0 Å². The number of hydrogen-bond acceptors (Lipinski definition) is 1.